The number of pyridine rings is 1. The lowest BCUT2D eigenvalue weighted by molar-refractivity contribution is 0.199. The Hall–Kier alpha value is -2.73. The standard InChI is InChI=1S/C20H22FN3O2/c1-4-24-12-14(11-22-24)9-15-5-8-19(26-3)23-20(15)17-7-6-16(21)10-18(17)13(2)25/h5-8,10-13,25H,4,9H2,1-3H3/t13-/m1/s1. The maximum atomic E-state index is 13.7. The number of rotatable bonds is 6. The quantitative estimate of drug-likeness (QED) is 0.731. The zero-order valence-corrected chi connectivity index (χ0v) is 15.1. The normalized spacial score (nSPS) is 12.2. The van der Waals surface area contributed by atoms with Gasteiger partial charge in [0, 0.05) is 30.8 Å². The van der Waals surface area contributed by atoms with Crippen molar-refractivity contribution in [2.45, 2.75) is 32.9 Å². The predicted molar refractivity (Wildman–Crippen MR) is 97.5 cm³/mol. The number of benzene rings is 1. The van der Waals surface area contributed by atoms with Crippen LogP contribution in [0.3, 0.4) is 0 Å². The van der Waals surface area contributed by atoms with Crippen LogP contribution in [0.1, 0.15) is 36.6 Å². The molecular weight excluding hydrogens is 333 g/mol. The van der Waals surface area contributed by atoms with Crippen molar-refractivity contribution < 1.29 is 14.2 Å². The smallest absolute Gasteiger partial charge is 0.213 e. The third kappa shape index (κ3) is 3.75. The van der Waals surface area contributed by atoms with Gasteiger partial charge in [-0.2, -0.15) is 5.10 Å². The van der Waals surface area contributed by atoms with E-state index in [1.807, 2.05) is 30.1 Å². The predicted octanol–water partition coefficient (Wildman–Crippen LogP) is 3.76. The average molecular weight is 355 g/mol. The molecule has 6 heteroatoms. The first-order valence-corrected chi connectivity index (χ1v) is 8.55. The highest BCUT2D eigenvalue weighted by Crippen LogP contribution is 2.32. The van der Waals surface area contributed by atoms with Gasteiger partial charge in [0.1, 0.15) is 5.82 Å². The van der Waals surface area contributed by atoms with Gasteiger partial charge in [0.05, 0.1) is 25.1 Å². The van der Waals surface area contributed by atoms with Gasteiger partial charge in [-0.3, -0.25) is 4.68 Å². The second-order valence-corrected chi connectivity index (χ2v) is 6.15. The number of hydrogen-bond acceptors (Lipinski definition) is 4. The first kappa shape index (κ1) is 18.1. The van der Waals surface area contributed by atoms with Crippen molar-refractivity contribution in [3.8, 4) is 17.1 Å². The van der Waals surface area contributed by atoms with Crippen LogP contribution in [0.15, 0.2) is 42.7 Å². The molecule has 0 aliphatic heterocycles. The molecule has 0 fully saturated rings. The number of aryl methyl sites for hydroxylation is 1. The molecule has 136 valence electrons. The highest BCUT2D eigenvalue weighted by molar-refractivity contribution is 5.68. The van der Waals surface area contributed by atoms with Crippen molar-refractivity contribution in [3.05, 3.63) is 65.2 Å². The summed E-state index contributed by atoms with van der Waals surface area (Å²) in [5.41, 5.74) is 3.87. The number of methoxy groups -OCH3 is 1. The van der Waals surface area contributed by atoms with Gasteiger partial charge in [0.15, 0.2) is 0 Å². The van der Waals surface area contributed by atoms with Gasteiger partial charge in [0.2, 0.25) is 5.88 Å². The number of hydrogen-bond donors (Lipinski definition) is 1. The molecule has 1 N–H and O–H groups in total. The number of nitrogens with zero attached hydrogens (tertiary/aromatic N) is 3. The lowest BCUT2D eigenvalue weighted by Crippen LogP contribution is -2.02. The average Bonchev–Trinajstić information content (AvgIpc) is 3.09. The Labute approximate surface area is 152 Å². The van der Waals surface area contributed by atoms with E-state index in [0.29, 0.717) is 29.1 Å². The van der Waals surface area contributed by atoms with Gasteiger partial charge in [-0.25, -0.2) is 9.37 Å². The number of aromatic nitrogens is 3. The Morgan fingerprint density at radius 3 is 2.73 bits per heavy atom. The SMILES string of the molecule is CCn1cc(Cc2ccc(OC)nc2-c2ccc(F)cc2[C@@H](C)O)cn1. The molecule has 0 bridgehead atoms. The van der Waals surface area contributed by atoms with Crippen LogP contribution in [0.5, 0.6) is 5.88 Å². The highest BCUT2D eigenvalue weighted by atomic mass is 19.1. The summed E-state index contributed by atoms with van der Waals surface area (Å²) < 4.78 is 20.8. The molecule has 5 nitrogen and oxygen atoms in total. The molecule has 3 rings (SSSR count). The van der Waals surface area contributed by atoms with Crippen LogP contribution < -0.4 is 4.74 Å². The molecule has 26 heavy (non-hydrogen) atoms. The monoisotopic (exact) mass is 355 g/mol. The zero-order chi connectivity index (χ0) is 18.7. The fourth-order valence-electron chi connectivity index (χ4n) is 2.95. The lowest BCUT2D eigenvalue weighted by Gasteiger charge is -2.15. The van der Waals surface area contributed by atoms with Gasteiger partial charge < -0.3 is 9.84 Å². The summed E-state index contributed by atoms with van der Waals surface area (Å²) in [5, 5.41) is 14.4. The van der Waals surface area contributed by atoms with Crippen molar-refractivity contribution in [1.29, 1.82) is 0 Å². The fraction of sp³-hybridized carbons (Fsp3) is 0.300. The first-order chi connectivity index (χ1) is 12.5. The summed E-state index contributed by atoms with van der Waals surface area (Å²) in [6.07, 6.45) is 3.64. The minimum Gasteiger partial charge on any atom is -0.481 e. The van der Waals surface area contributed by atoms with Crippen LogP contribution in [0.25, 0.3) is 11.3 Å². The Kier molecular flexibility index (Phi) is 5.32. The maximum Gasteiger partial charge on any atom is 0.213 e. The molecule has 1 atom stereocenters. The number of ether oxygens (including phenoxy) is 1. The minimum absolute atomic E-state index is 0.390. The molecule has 0 aliphatic rings. The summed E-state index contributed by atoms with van der Waals surface area (Å²) in [4.78, 5) is 4.57. The Balaban J connectivity index is 2.10. The largest absolute Gasteiger partial charge is 0.481 e. The summed E-state index contributed by atoms with van der Waals surface area (Å²) in [6, 6.07) is 8.12. The Bertz CT molecular complexity index is 906. The molecule has 0 saturated carbocycles. The summed E-state index contributed by atoms with van der Waals surface area (Å²) in [7, 11) is 1.55. The molecular formula is C20H22FN3O2. The fourth-order valence-corrected chi connectivity index (χ4v) is 2.95. The second kappa shape index (κ2) is 7.66. The number of aliphatic hydroxyl groups is 1. The topological polar surface area (TPSA) is 60.2 Å². The van der Waals surface area contributed by atoms with Gasteiger partial charge in [-0.05, 0) is 48.7 Å². The molecule has 0 spiro atoms. The lowest BCUT2D eigenvalue weighted by atomic mass is 9.95. The van der Waals surface area contributed by atoms with Crippen LogP contribution in [0.4, 0.5) is 4.39 Å². The molecule has 2 heterocycles. The van der Waals surface area contributed by atoms with Crippen LogP contribution in [-0.2, 0) is 13.0 Å². The van der Waals surface area contributed by atoms with Gasteiger partial charge >= 0.3 is 0 Å². The minimum atomic E-state index is -0.815. The molecule has 0 radical (unpaired) electrons. The molecule has 0 aliphatic carbocycles. The molecule has 0 amide bonds. The third-order valence-electron chi connectivity index (χ3n) is 4.29. The Morgan fingerprint density at radius 1 is 1.27 bits per heavy atom. The van der Waals surface area contributed by atoms with Crippen molar-refractivity contribution in [2.75, 3.05) is 7.11 Å². The van der Waals surface area contributed by atoms with E-state index in [1.54, 1.807) is 26.2 Å². The number of aliphatic hydroxyl groups excluding tert-OH is 1. The van der Waals surface area contributed by atoms with E-state index in [0.717, 1.165) is 17.7 Å². The van der Waals surface area contributed by atoms with E-state index in [2.05, 4.69) is 10.1 Å². The second-order valence-electron chi connectivity index (χ2n) is 6.15. The summed E-state index contributed by atoms with van der Waals surface area (Å²) >= 11 is 0. The van der Waals surface area contributed by atoms with Gasteiger partial charge in [-0.15, -0.1) is 0 Å². The van der Waals surface area contributed by atoms with Crippen LogP contribution in [0, 0.1) is 5.82 Å². The molecule has 2 aromatic heterocycles. The van der Waals surface area contributed by atoms with Crippen LogP contribution in [0.2, 0.25) is 0 Å². The van der Waals surface area contributed by atoms with Crippen molar-refractivity contribution in [1.82, 2.24) is 14.8 Å². The summed E-state index contributed by atoms with van der Waals surface area (Å²) in [5.74, 6) is 0.0761. The highest BCUT2D eigenvalue weighted by Gasteiger charge is 2.17. The van der Waals surface area contributed by atoms with E-state index in [-0.39, 0.29) is 0 Å². The van der Waals surface area contributed by atoms with Crippen LogP contribution >= 0.6 is 0 Å². The van der Waals surface area contributed by atoms with E-state index in [1.165, 1.54) is 12.1 Å². The number of halogens is 1. The third-order valence-corrected chi connectivity index (χ3v) is 4.29. The van der Waals surface area contributed by atoms with Gasteiger partial charge in [-0.1, -0.05) is 6.07 Å². The van der Waals surface area contributed by atoms with E-state index in [4.69, 9.17) is 4.74 Å². The van der Waals surface area contributed by atoms with E-state index < -0.39 is 11.9 Å². The molecule has 1 aromatic carbocycles. The van der Waals surface area contributed by atoms with E-state index >= 15 is 0 Å². The van der Waals surface area contributed by atoms with E-state index in [9.17, 15) is 9.50 Å². The molecule has 0 saturated heterocycles. The Morgan fingerprint density at radius 2 is 2.08 bits per heavy atom. The molecule has 3 aromatic rings. The van der Waals surface area contributed by atoms with Crippen molar-refractivity contribution in [2.24, 2.45) is 0 Å². The van der Waals surface area contributed by atoms with Gasteiger partial charge in [0.25, 0.3) is 0 Å². The summed E-state index contributed by atoms with van der Waals surface area (Å²) in [6.45, 7) is 4.45. The first-order valence-electron chi connectivity index (χ1n) is 8.55. The zero-order valence-electron chi connectivity index (χ0n) is 15.1. The maximum absolute atomic E-state index is 13.7. The molecule has 0 unspecified atom stereocenters. The van der Waals surface area contributed by atoms with Crippen molar-refractivity contribution in [3.63, 3.8) is 0 Å². The van der Waals surface area contributed by atoms with Crippen LogP contribution in [-0.4, -0.2) is 27.0 Å². The van der Waals surface area contributed by atoms with Crippen molar-refractivity contribution >= 4 is 0 Å².